The van der Waals surface area contributed by atoms with Crippen molar-refractivity contribution in [2.24, 2.45) is 11.8 Å². The standard InChI is InChI=1S/C19H30N6OS/c1-13-5-8-24(9-6-13)10-7-17-21-22-19(27-17)20-18(26)14(2)12-25-16(4)11-15(3)23-25/h11,13-14H,5-10,12H2,1-4H3,(H,20,22,26). The number of nitrogens with zero attached hydrogens (tertiary/aromatic N) is 5. The van der Waals surface area contributed by atoms with Crippen LogP contribution in [0.5, 0.6) is 0 Å². The molecule has 1 N–H and O–H groups in total. The van der Waals surface area contributed by atoms with Gasteiger partial charge in [-0.25, -0.2) is 0 Å². The summed E-state index contributed by atoms with van der Waals surface area (Å²) in [5.41, 5.74) is 2.04. The van der Waals surface area contributed by atoms with Crippen LogP contribution in [0.4, 0.5) is 5.13 Å². The van der Waals surface area contributed by atoms with E-state index in [0.717, 1.165) is 35.3 Å². The molecule has 1 atom stereocenters. The second-order valence-electron chi connectivity index (χ2n) is 7.77. The van der Waals surface area contributed by atoms with Gasteiger partial charge in [0.15, 0.2) is 0 Å². The number of carbonyl (C=O) groups is 1. The molecule has 1 aliphatic rings. The highest BCUT2D eigenvalue weighted by Crippen LogP contribution is 2.19. The number of carbonyl (C=O) groups excluding carboxylic acids is 1. The van der Waals surface area contributed by atoms with Crippen molar-refractivity contribution in [2.45, 2.75) is 53.5 Å². The minimum Gasteiger partial charge on any atom is -0.303 e. The van der Waals surface area contributed by atoms with Crippen molar-refractivity contribution in [1.82, 2.24) is 24.9 Å². The smallest absolute Gasteiger partial charge is 0.230 e. The SMILES string of the molecule is Cc1cc(C)n(CC(C)C(=O)Nc2nnc(CCN3CCC(C)CC3)s2)n1. The molecule has 1 fully saturated rings. The molecule has 1 aliphatic heterocycles. The molecule has 8 heteroatoms. The van der Waals surface area contributed by atoms with Crippen molar-refractivity contribution < 1.29 is 4.79 Å². The van der Waals surface area contributed by atoms with Crippen LogP contribution in [0.2, 0.25) is 0 Å². The first-order chi connectivity index (χ1) is 12.9. The lowest BCUT2D eigenvalue weighted by atomic mass is 9.99. The molecule has 0 saturated carbocycles. The largest absolute Gasteiger partial charge is 0.303 e. The molecule has 1 amide bonds. The van der Waals surface area contributed by atoms with E-state index in [1.807, 2.05) is 31.5 Å². The van der Waals surface area contributed by atoms with E-state index in [1.54, 1.807) is 0 Å². The van der Waals surface area contributed by atoms with E-state index in [2.05, 4.69) is 32.4 Å². The molecule has 1 unspecified atom stereocenters. The van der Waals surface area contributed by atoms with Gasteiger partial charge in [-0.1, -0.05) is 25.2 Å². The third-order valence-electron chi connectivity index (χ3n) is 5.21. The topological polar surface area (TPSA) is 75.9 Å². The van der Waals surface area contributed by atoms with Gasteiger partial charge in [0, 0.05) is 18.7 Å². The highest BCUT2D eigenvalue weighted by Gasteiger charge is 2.18. The molecule has 27 heavy (non-hydrogen) atoms. The van der Waals surface area contributed by atoms with Crippen LogP contribution in [0.25, 0.3) is 0 Å². The molecule has 2 aromatic rings. The summed E-state index contributed by atoms with van der Waals surface area (Å²) in [6, 6.07) is 2.02. The van der Waals surface area contributed by atoms with Crippen molar-refractivity contribution in [2.75, 3.05) is 25.0 Å². The Morgan fingerprint density at radius 3 is 2.74 bits per heavy atom. The third-order valence-corrected chi connectivity index (χ3v) is 6.11. The van der Waals surface area contributed by atoms with Crippen LogP contribution in [-0.4, -0.2) is 50.4 Å². The average molecular weight is 391 g/mol. The second-order valence-corrected chi connectivity index (χ2v) is 8.84. The first-order valence-corrected chi connectivity index (χ1v) is 10.6. The van der Waals surface area contributed by atoms with E-state index in [-0.39, 0.29) is 11.8 Å². The number of hydrogen-bond donors (Lipinski definition) is 1. The highest BCUT2D eigenvalue weighted by atomic mass is 32.1. The molecule has 7 nitrogen and oxygen atoms in total. The zero-order valence-corrected chi connectivity index (χ0v) is 17.6. The first kappa shape index (κ1) is 19.9. The quantitative estimate of drug-likeness (QED) is 0.787. The van der Waals surface area contributed by atoms with Crippen LogP contribution in [0, 0.1) is 25.7 Å². The Labute approximate surface area is 165 Å². The predicted molar refractivity (Wildman–Crippen MR) is 108 cm³/mol. The monoisotopic (exact) mass is 390 g/mol. The van der Waals surface area contributed by atoms with E-state index in [4.69, 9.17) is 0 Å². The van der Waals surface area contributed by atoms with Gasteiger partial charge in [-0.3, -0.25) is 9.48 Å². The highest BCUT2D eigenvalue weighted by molar-refractivity contribution is 7.15. The van der Waals surface area contributed by atoms with E-state index in [0.29, 0.717) is 11.7 Å². The molecule has 0 aromatic carbocycles. The normalized spacial score (nSPS) is 17.2. The number of hydrogen-bond acceptors (Lipinski definition) is 6. The first-order valence-electron chi connectivity index (χ1n) is 9.77. The van der Waals surface area contributed by atoms with Crippen molar-refractivity contribution in [3.8, 4) is 0 Å². The average Bonchev–Trinajstić information content (AvgIpc) is 3.20. The van der Waals surface area contributed by atoms with Gasteiger partial charge in [0.25, 0.3) is 0 Å². The molecule has 0 spiro atoms. The van der Waals surface area contributed by atoms with Gasteiger partial charge in [0.2, 0.25) is 11.0 Å². The van der Waals surface area contributed by atoms with Gasteiger partial charge >= 0.3 is 0 Å². The lowest BCUT2D eigenvalue weighted by Gasteiger charge is -2.29. The lowest BCUT2D eigenvalue weighted by molar-refractivity contribution is -0.119. The van der Waals surface area contributed by atoms with E-state index < -0.39 is 0 Å². The molecule has 0 aliphatic carbocycles. The van der Waals surface area contributed by atoms with Crippen LogP contribution in [0.3, 0.4) is 0 Å². The summed E-state index contributed by atoms with van der Waals surface area (Å²) in [7, 11) is 0. The number of anilines is 1. The maximum atomic E-state index is 12.5. The minimum absolute atomic E-state index is 0.0460. The fourth-order valence-corrected chi connectivity index (χ4v) is 4.11. The number of likely N-dealkylation sites (tertiary alicyclic amines) is 1. The molecule has 0 radical (unpaired) electrons. The van der Waals surface area contributed by atoms with Crippen LogP contribution < -0.4 is 5.32 Å². The summed E-state index contributed by atoms with van der Waals surface area (Å²) < 4.78 is 1.88. The number of amides is 1. The Kier molecular flexibility index (Phi) is 6.59. The second kappa shape index (κ2) is 8.93. The van der Waals surface area contributed by atoms with E-state index >= 15 is 0 Å². The summed E-state index contributed by atoms with van der Waals surface area (Å²) in [5, 5.41) is 17.3. The van der Waals surface area contributed by atoms with Crippen molar-refractivity contribution in [1.29, 1.82) is 0 Å². The summed E-state index contributed by atoms with van der Waals surface area (Å²) >= 11 is 1.48. The number of nitrogens with one attached hydrogen (secondary N) is 1. The zero-order chi connectivity index (χ0) is 19.4. The summed E-state index contributed by atoms with van der Waals surface area (Å²) in [5.74, 6) is 0.613. The van der Waals surface area contributed by atoms with Crippen molar-refractivity contribution in [3.63, 3.8) is 0 Å². The molecule has 0 bridgehead atoms. The Hall–Kier alpha value is -1.80. The number of rotatable bonds is 7. The van der Waals surface area contributed by atoms with Crippen LogP contribution in [0.1, 0.15) is 43.1 Å². The fraction of sp³-hybridized carbons (Fsp3) is 0.684. The molecule has 3 heterocycles. The Morgan fingerprint density at radius 1 is 1.33 bits per heavy atom. The summed E-state index contributed by atoms with van der Waals surface area (Å²) in [6.45, 7) is 12.1. The van der Waals surface area contributed by atoms with Crippen molar-refractivity contribution in [3.05, 3.63) is 22.5 Å². The Morgan fingerprint density at radius 2 is 2.07 bits per heavy atom. The minimum atomic E-state index is -0.189. The van der Waals surface area contributed by atoms with Gasteiger partial charge < -0.3 is 10.2 Å². The maximum Gasteiger partial charge on any atom is 0.230 e. The van der Waals surface area contributed by atoms with E-state index in [9.17, 15) is 4.79 Å². The number of piperidine rings is 1. The lowest BCUT2D eigenvalue weighted by Crippen LogP contribution is -2.34. The molecule has 148 valence electrons. The number of aryl methyl sites for hydroxylation is 2. The fourth-order valence-electron chi connectivity index (χ4n) is 3.38. The van der Waals surface area contributed by atoms with Gasteiger partial charge in [-0.2, -0.15) is 5.10 Å². The molecular formula is C19H30N6OS. The molecule has 2 aromatic heterocycles. The summed E-state index contributed by atoms with van der Waals surface area (Å²) in [6.07, 6.45) is 3.46. The van der Waals surface area contributed by atoms with Crippen molar-refractivity contribution >= 4 is 22.4 Å². The number of aromatic nitrogens is 4. The zero-order valence-electron chi connectivity index (χ0n) is 16.7. The van der Waals surface area contributed by atoms with Gasteiger partial charge in [-0.15, -0.1) is 10.2 Å². The van der Waals surface area contributed by atoms with Gasteiger partial charge in [0.05, 0.1) is 18.2 Å². The van der Waals surface area contributed by atoms with Crippen LogP contribution >= 0.6 is 11.3 Å². The van der Waals surface area contributed by atoms with Crippen LogP contribution in [-0.2, 0) is 17.8 Å². The maximum absolute atomic E-state index is 12.5. The molecular weight excluding hydrogens is 360 g/mol. The summed E-state index contributed by atoms with van der Waals surface area (Å²) in [4.78, 5) is 15.0. The predicted octanol–water partition coefficient (Wildman–Crippen LogP) is 2.90. The van der Waals surface area contributed by atoms with Gasteiger partial charge in [-0.05, 0) is 51.8 Å². The van der Waals surface area contributed by atoms with E-state index in [1.165, 1.54) is 37.3 Å². The third kappa shape index (κ3) is 5.59. The Bertz CT molecular complexity index is 762. The van der Waals surface area contributed by atoms with Gasteiger partial charge in [0.1, 0.15) is 5.01 Å². The molecule has 1 saturated heterocycles. The Balaban J connectivity index is 1.46. The van der Waals surface area contributed by atoms with Crippen LogP contribution in [0.15, 0.2) is 6.07 Å². The molecule has 3 rings (SSSR count).